The standard InChI is InChI=1S/C13H20N4O2/c1-5-6-7-14-12-11(10(2)18)17(3)13(16-12)15-8-9-19-4/h5,7H,1,6,8-9H2,2-4H3,(H,15,16)/b14-7-. The molecule has 0 saturated carbocycles. The van der Waals surface area contributed by atoms with Gasteiger partial charge in [-0.3, -0.25) is 4.79 Å². The third kappa shape index (κ3) is 4.03. The molecular weight excluding hydrogens is 244 g/mol. The van der Waals surface area contributed by atoms with Gasteiger partial charge in [0.15, 0.2) is 11.6 Å². The van der Waals surface area contributed by atoms with Gasteiger partial charge in [0.25, 0.3) is 0 Å². The van der Waals surface area contributed by atoms with Crippen LogP contribution in [0.4, 0.5) is 11.8 Å². The summed E-state index contributed by atoms with van der Waals surface area (Å²) in [4.78, 5) is 20.2. The maximum atomic E-state index is 11.7. The summed E-state index contributed by atoms with van der Waals surface area (Å²) >= 11 is 0. The van der Waals surface area contributed by atoms with Crippen LogP contribution in [0.15, 0.2) is 17.6 Å². The highest BCUT2D eigenvalue weighted by atomic mass is 16.5. The molecule has 0 atom stereocenters. The lowest BCUT2D eigenvalue weighted by Gasteiger charge is -2.05. The average Bonchev–Trinajstić information content (AvgIpc) is 2.67. The van der Waals surface area contributed by atoms with E-state index >= 15 is 0 Å². The van der Waals surface area contributed by atoms with Gasteiger partial charge in [0.2, 0.25) is 5.95 Å². The Balaban J connectivity index is 2.98. The molecule has 0 aliphatic heterocycles. The molecule has 1 N–H and O–H groups in total. The second kappa shape index (κ2) is 7.48. The van der Waals surface area contributed by atoms with E-state index in [0.717, 1.165) is 0 Å². The molecule has 0 radical (unpaired) electrons. The smallest absolute Gasteiger partial charge is 0.205 e. The van der Waals surface area contributed by atoms with Crippen molar-refractivity contribution in [1.82, 2.24) is 9.55 Å². The number of nitrogens with zero attached hydrogens (tertiary/aromatic N) is 3. The number of aliphatic imine (C=N–C) groups is 1. The van der Waals surface area contributed by atoms with Gasteiger partial charge in [0.05, 0.1) is 6.61 Å². The number of ether oxygens (including phenoxy) is 1. The summed E-state index contributed by atoms with van der Waals surface area (Å²) in [6.07, 6.45) is 4.05. The fourth-order valence-electron chi connectivity index (χ4n) is 1.60. The number of ketones is 1. The number of methoxy groups -OCH3 is 1. The molecule has 0 fully saturated rings. The van der Waals surface area contributed by atoms with E-state index in [0.29, 0.717) is 37.0 Å². The molecule has 0 aliphatic rings. The first-order valence-corrected chi connectivity index (χ1v) is 6.05. The van der Waals surface area contributed by atoms with Crippen LogP contribution in [-0.2, 0) is 11.8 Å². The SMILES string of the molecule is C=CC/C=N\c1nc(NCCOC)n(C)c1C(C)=O. The number of hydrogen-bond acceptors (Lipinski definition) is 5. The number of rotatable bonds is 8. The van der Waals surface area contributed by atoms with E-state index in [-0.39, 0.29) is 5.78 Å². The van der Waals surface area contributed by atoms with Crippen molar-refractivity contribution in [3.8, 4) is 0 Å². The van der Waals surface area contributed by atoms with E-state index in [9.17, 15) is 4.79 Å². The van der Waals surface area contributed by atoms with Crippen molar-refractivity contribution in [3.05, 3.63) is 18.3 Å². The summed E-state index contributed by atoms with van der Waals surface area (Å²) in [5.41, 5.74) is 0.486. The Morgan fingerprint density at radius 1 is 1.63 bits per heavy atom. The monoisotopic (exact) mass is 264 g/mol. The normalized spacial score (nSPS) is 10.9. The Hall–Kier alpha value is -1.95. The predicted octanol–water partition coefficient (Wildman–Crippen LogP) is 1.96. The molecule has 0 amide bonds. The summed E-state index contributed by atoms with van der Waals surface area (Å²) in [7, 11) is 3.41. The fraction of sp³-hybridized carbons (Fsp3) is 0.462. The zero-order valence-corrected chi connectivity index (χ0v) is 11.6. The van der Waals surface area contributed by atoms with Crippen LogP contribution in [0, 0.1) is 0 Å². The number of allylic oxidation sites excluding steroid dienone is 1. The van der Waals surface area contributed by atoms with Gasteiger partial charge >= 0.3 is 0 Å². The van der Waals surface area contributed by atoms with Crippen molar-refractivity contribution in [2.45, 2.75) is 13.3 Å². The minimum atomic E-state index is -0.0689. The Kier molecular flexibility index (Phi) is 5.95. The minimum Gasteiger partial charge on any atom is -0.383 e. The average molecular weight is 264 g/mol. The molecule has 1 heterocycles. The first kappa shape index (κ1) is 15.1. The maximum Gasteiger partial charge on any atom is 0.205 e. The minimum absolute atomic E-state index is 0.0689. The highest BCUT2D eigenvalue weighted by Crippen LogP contribution is 2.22. The number of imidazole rings is 1. The summed E-state index contributed by atoms with van der Waals surface area (Å²) in [5.74, 6) is 0.963. The van der Waals surface area contributed by atoms with Gasteiger partial charge in [-0.25, -0.2) is 4.99 Å². The van der Waals surface area contributed by atoms with Gasteiger partial charge in [0.1, 0.15) is 5.69 Å². The van der Waals surface area contributed by atoms with Crippen LogP contribution in [0.25, 0.3) is 0 Å². The first-order chi connectivity index (χ1) is 9.11. The number of anilines is 1. The van der Waals surface area contributed by atoms with Crippen LogP contribution >= 0.6 is 0 Å². The number of carbonyl (C=O) groups excluding carboxylic acids is 1. The van der Waals surface area contributed by atoms with Crippen LogP contribution in [0.2, 0.25) is 0 Å². The van der Waals surface area contributed by atoms with Crippen LogP contribution in [0.1, 0.15) is 23.8 Å². The molecule has 0 aliphatic carbocycles. The number of carbonyl (C=O) groups is 1. The van der Waals surface area contributed by atoms with Crippen molar-refractivity contribution < 1.29 is 9.53 Å². The number of hydrogen-bond donors (Lipinski definition) is 1. The van der Waals surface area contributed by atoms with E-state index in [1.54, 1.807) is 31.0 Å². The lowest BCUT2D eigenvalue weighted by Crippen LogP contribution is -2.12. The fourth-order valence-corrected chi connectivity index (χ4v) is 1.60. The van der Waals surface area contributed by atoms with Crippen LogP contribution in [0.3, 0.4) is 0 Å². The lowest BCUT2D eigenvalue weighted by atomic mass is 10.3. The Morgan fingerprint density at radius 3 is 2.95 bits per heavy atom. The molecule has 0 bridgehead atoms. The summed E-state index contributed by atoms with van der Waals surface area (Å²) in [6.45, 7) is 6.30. The summed E-state index contributed by atoms with van der Waals surface area (Å²) < 4.78 is 6.67. The van der Waals surface area contributed by atoms with E-state index in [1.165, 1.54) is 6.92 Å². The molecule has 19 heavy (non-hydrogen) atoms. The molecular formula is C13H20N4O2. The van der Waals surface area contributed by atoms with Crippen LogP contribution in [0.5, 0.6) is 0 Å². The van der Waals surface area contributed by atoms with E-state index in [1.807, 2.05) is 0 Å². The van der Waals surface area contributed by atoms with Gasteiger partial charge in [-0.15, -0.1) is 6.58 Å². The van der Waals surface area contributed by atoms with Crippen molar-refractivity contribution in [2.24, 2.45) is 12.0 Å². The van der Waals surface area contributed by atoms with E-state index in [2.05, 4.69) is 21.9 Å². The van der Waals surface area contributed by atoms with E-state index < -0.39 is 0 Å². The topological polar surface area (TPSA) is 68.5 Å². The quantitative estimate of drug-likeness (QED) is 0.337. The van der Waals surface area contributed by atoms with Crippen molar-refractivity contribution >= 4 is 23.8 Å². The summed E-state index contributed by atoms with van der Waals surface area (Å²) in [5, 5.41) is 3.10. The molecule has 0 unspecified atom stereocenters. The summed E-state index contributed by atoms with van der Waals surface area (Å²) in [6, 6.07) is 0. The molecule has 1 aromatic rings. The van der Waals surface area contributed by atoms with Crippen LogP contribution in [-0.4, -0.2) is 41.8 Å². The van der Waals surface area contributed by atoms with Gasteiger partial charge < -0.3 is 14.6 Å². The van der Waals surface area contributed by atoms with Crippen molar-refractivity contribution in [2.75, 3.05) is 25.6 Å². The molecule has 1 aromatic heterocycles. The second-order valence-corrected chi connectivity index (χ2v) is 3.98. The Labute approximate surface area is 113 Å². The number of Topliss-reactive ketones (excluding diaryl/α,β-unsaturated/α-hetero) is 1. The highest BCUT2D eigenvalue weighted by molar-refractivity contribution is 5.97. The highest BCUT2D eigenvalue weighted by Gasteiger charge is 2.17. The molecule has 6 nitrogen and oxygen atoms in total. The molecule has 1 rings (SSSR count). The molecule has 0 aromatic carbocycles. The Morgan fingerprint density at radius 2 is 2.37 bits per heavy atom. The lowest BCUT2D eigenvalue weighted by molar-refractivity contribution is 0.101. The maximum absolute atomic E-state index is 11.7. The predicted molar refractivity (Wildman–Crippen MR) is 76.5 cm³/mol. The van der Waals surface area contributed by atoms with Gasteiger partial charge in [-0.2, -0.15) is 4.98 Å². The zero-order chi connectivity index (χ0) is 14.3. The zero-order valence-electron chi connectivity index (χ0n) is 11.6. The Bertz CT molecular complexity index is 477. The van der Waals surface area contributed by atoms with Crippen molar-refractivity contribution in [1.29, 1.82) is 0 Å². The first-order valence-electron chi connectivity index (χ1n) is 6.05. The second-order valence-electron chi connectivity index (χ2n) is 3.98. The van der Waals surface area contributed by atoms with Gasteiger partial charge in [-0.1, -0.05) is 6.08 Å². The van der Waals surface area contributed by atoms with E-state index in [4.69, 9.17) is 4.74 Å². The molecule has 0 spiro atoms. The largest absolute Gasteiger partial charge is 0.383 e. The van der Waals surface area contributed by atoms with Gasteiger partial charge in [0, 0.05) is 40.3 Å². The number of nitrogens with one attached hydrogen (secondary N) is 1. The third-order valence-electron chi connectivity index (χ3n) is 2.49. The van der Waals surface area contributed by atoms with Crippen LogP contribution < -0.4 is 5.32 Å². The molecule has 104 valence electrons. The van der Waals surface area contributed by atoms with Crippen molar-refractivity contribution in [3.63, 3.8) is 0 Å². The third-order valence-corrected chi connectivity index (χ3v) is 2.49. The number of aromatic nitrogens is 2. The van der Waals surface area contributed by atoms with Gasteiger partial charge in [-0.05, 0) is 0 Å². The molecule has 0 saturated heterocycles. The molecule has 6 heteroatoms.